The number of H-pyrrole nitrogens is 1. The molecule has 1 N–H and O–H groups in total. The molecule has 0 radical (unpaired) electrons. The van der Waals surface area contributed by atoms with E-state index in [-0.39, 0.29) is 11.4 Å². The molecule has 1 amide bonds. The average molecular weight is 399 g/mol. The number of hydrogen-bond acceptors (Lipinski definition) is 3. The summed E-state index contributed by atoms with van der Waals surface area (Å²) < 4.78 is 2.26. The summed E-state index contributed by atoms with van der Waals surface area (Å²) in [5.74, 6) is 0.517. The molecule has 152 valence electrons. The Morgan fingerprint density at radius 3 is 2.80 bits per heavy atom. The van der Waals surface area contributed by atoms with Gasteiger partial charge in [-0.1, -0.05) is 18.2 Å². The summed E-state index contributed by atoms with van der Waals surface area (Å²) in [5, 5.41) is 8.00. The fourth-order valence-electron chi connectivity index (χ4n) is 4.68. The molecule has 3 aromatic heterocycles. The Balaban J connectivity index is 1.36. The average Bonchev–Trinajstić information content (AvgIpc) is 3.47. The Kier molecular flexibility index (Phi) is 4.42. The molecule has 0 bridgehead atoms. The van der Waals surface area contributed by atoms with Gasteiger partial charge in [0.15, 0.2) is 0 Å². The SMILES string of the molecule is CC1(C)CC(Cn2ccc3cc(-c4cn[nH]c4)ncc32)CN1C(=O)c1ccccc1. The van der Waals surface area contributed by atoms with Gasteiger partial charge in [0.25, 0.3) is 5.91 Å². The van der Waals surface area contributed by atoms with Crippen molar-refractivity contribution in [2.45, 2.75) is 32.4 Å². The number of hydrogen-bond donors (Lipinski definition) is 1. The van der Waals surface area contributed by atoms with Gasteiger partial charge in [-0.3, -0.25) is 14.9 Å². The first kappa shape index (κ1) is 18.6. The van der Waals surface area contributed by atoms with E-state index in [4.69, 9.17) is 0 Å². The molecule has 1 atom stereocenters. The molecular weight excluding hydrogens is 374 g/mol. The Labute approximate surface area is 175 Å². The van der Waals surface area contributed by atoms with Crippen LogP contribution in [0.25, 0.3) is 22.2 Å². The van der Waals surface area contributed by atoms with E-state index >= 15 is 0 Å². The molecule has 1 fully saturated rings. The summed E-state index contributed by atoms with van der Waals surface area (Å²) in [7, 11) is 0. The maximum Gasteiger partial charge on any atom is 0.254 e. The Morgan fingerprint density at radius 1 is 1.20 bits per heavy atom. The number of pyridine rings is 1. The second-order valence-corrected chi connectivity index (χ2v) is 8.75. The normalized spacial score (nSPS) is 18.2. The van der Waals surface area contributed by atoms with Gasteiger partial charge in [-0.25, -0.2) is 0 Å². The number of benzene rings is 1. The highest BCUT2D eigenvalue weighted by molar-refractivity contribution is 5.94. The number of nitrogens with one attached hydrogen (secondary N) is 1. The predicted octanol–water partition coefficient (Wildman–Crippen LogP) is 4.37. The summed E-state index contributed by atoms with van der Waals surface area (Å²) >= 11 is 0. The molecule has 1 unspecified atom stereocenters. The Hall–Kier alpha value is -3.41. The molecular formula is C24H25N5O. The number of amides is 1. The van der Waals surface area contributed by atoms with Crippen LogP contribution in [0.15, 0.2) is 67.3 Å². The van der Waals surface area contributed by atoms with Crippen LogP contribution in [0.3, 0.4) is 0 Å². The molecule has 0 aliphatic carbocycles. The number of rotatable bonds is 4. The van der Waals surface area contributed by atoms with Gasteiger partial charge in [0.05, 0.1) is 23.6 Å². The molecule has 6 nitrogen and oxygen atoms in total. The van der Waals surface area contributed by atoms with Crippen LogP contribution in [-0.4, -0.2) is 42.6 Å². The van der Waals surface area contributed by atoms with Gasteiger partial charge >= 0.3 is 0 Å². The second-order valence-electron chi connectivity index (χ2n) is 8.75. The van der Waals surface area contributed by atoms with Gasteiger partial charge in [-0.2, -0.15) is 5.10 Å². The fourth-order valence-corrected chi connectivity index (χ4v) is 4.68. The minimum absolute atomic E-state index is 0.117. The smallest absolute Gasteiger partial charge is 0.254 e. The third kappa shape index (κ3) is 3.28. The van der Waals surface area contributed by atoms with Crippen LogP contribution in [0.4, 0.5) is 0 Å². The van der Waals surface area contributed by atoms with E-state index in [9.17, 15) is 4.79 Å². The lowest BCUT2D eigenvalue weighted by molar-refractivity contribution is 0.0649. The van der Waals surface area contributed by atoms with Crippen LogP contribution in [-0.2, 0) is 6.54 Å². The lowest BCUT2D eigenvalue weighted by Gasteiger charge is -2.31. The number of aromatic nitrogens is 4. The van der Waals surface area contributed by atoms with Crippen LogP contribution in [0, 0.1) is 5.92 Å². The molecule has 1 aliphatic heterocycles. The second kappa shape index (κ2) is 7.13. The number of likely N-dealkylation sites (tertiary alicyclic amines) is 1. The number of nitrogens with zero attached hydrogens (tertiary/aromatic N) is 4. The maximum absolute atomic E-state index is 13.1. The summed E-state index contributed by atoms with van der Waals surface area (Å²) in [6.45, 7) is 5.97. The first-order chi connectivity index (χ1) is 14.5. The van der Waals surface area contributed by atoms with Crippen molar-refractivity contribution in [3.63, 3.8) is 0 Å². The number of fused-ring (bicyclic) bond motifs is 1. The highest BCUT2D eigenvalue weighted by Gasteiger charge is 2.41. The van der Waals surface area contributed by atoms with E-state index in [2.05, 4.69) is 51.9 Å². The summed E-state index contributed by atoms with van der Waals surface area (Å²) in [5.41, 5.74) is 3.61. The Morgan fingerprint density at radius 2 is 2.03 bits per heavy atom. The fraction of sp³-hybridized carbons (Fsp3) is 0.292. The quantitative estimate of drug-likeness (QED) is 0.554. The lowest BCUT2D eigenvalue weighted by Crippen LogP contribution is -2.42. The maximum atomic E-state index is 13.1. The summed E-state index contributed by atoms with van der Waals surface area (Å²) in [6, 6.07) is 13.8. The van der Waals surface area contributed by atoms with Crippen molar-refractivity contribution >= 4 is 16.8 Å². The number of aromatic amines is 1. The highest BCUT2D eigenvalue weighted by atomic mass is 16.2. The third-order valence-electron chi connectivity index (χ3n) is 6.13. The number of carbonyl (C=O) groups excluding carboxylic acids is 1. The first-order valence-corrected chi connectivity index (χ1v) is 10.3. The van der Waals surface area contributed by atoms with E-state index in [1.165, 1.54) is 0 Å². The zero-order valence-corrected chi connectivity index (χ0v) is 17.2. The third-order valence-corrected chi connectivity index (χ3v) is 6.13. The van der Waals surface area contributed by atoms with Crippen molar-refractivity contribution in [1.82, 2.24) is 24.6 Å². The minimum Gasteiger partial charge on any atom is -0.346 e. The zero-order chi connectivity index (χ0) is 20.7. The molecule has 0 saturated carbocycles. The monoisotopic (exact) mass is 399 g/mol. The molecule has 1 aromatic carbocycles. The summed E-state index contributed by atoms with van der Waals surface area (Å²) in [4.78, 5) is 19.7. The van der Waals surface area contributed by atoms with E-state index < -0.39 is 0 Å². The molecule has 0 spiro atoms. The van der Waals surface area contributed by atoms with E-state index in [1.807, 2.05) is 47.6 Å². The minimum atomic E-state index is -0.159. The molecule has 4 heterocycles. The van der Waals surface area contributed by atoms with Crippen LogP contribution >= 0.6 is 0 Å². The van der Waals surface area contributed by atoms with Crippen molar-refractivity contribution in [2.75, 3.05) is 6.54 Å². The van der Waals surface area contributed by atoms with Gasteiger partial charge in [-0.05, 0) is 50.5 Å². The van der Waals surface area contributed by atoms with Crippen molar-refractivity contribution in [3.05, 3.63) is 72.8 Å². The van der Waals surface area contributed by atoms with Gasteiger partial charge in [-0.15, -0.1) is 0 Å². The van der Waals surface area contributed by atoms with E-state index in [1.54, 1.807) is 6.20 Å². The summed E-state index contributed by atoms with van der Waals surface area (Å²) in [6.07, 6.45) is 8.67. The van der Waals surface area contributed by atoms with Crippen LogP contribution in [0.2, 0.25) is 0 Å². The van der Waals surface area contributed by atoms with Crippen LogP contribution in [0.5, 0.6) is 0 Å². The highest BCUT2D eigenvalue weighted by Crippen LogP contribution is 2.35. The van der Waals surface area contributed by atoms with Gasteiger partial charge < -0.3 is 9.47 Å². The largest absolute Gasteiger partial charge is 0.346 e. The topological polar surface area (TPSA) is 66.8 Å². The first-order valence-electron chi connectivity index (χ1n) is 10.3. The van der Waals surface area contributed by atoms with Crippen LogP contribution in [0.1, 0.15) is 30.6 Å². The Bertz CT molecular complexity index is 1180. The molecule has 4 aromatic rings. The molecule has 1 saturated heterocycles. The molecule has 30 heavy (non-hydrogen) atoms. The van der Waals surface area contributed by atoms with E-state index in [0.29, 0.717) is 5.92 Å². The van der Waals surface area contributed by atoms with Gasteiger partial charge in [0.1, 0.15) is 0 Å². The van der Waals surface area contributed by atoms with Crippen molar-refractivity contribution in [2.24, 2.45) is 5.92 Å². The van der Waals surface area contributed by atoms with Gasteiger partial charge in [0.2, 0.25) is 0 Å². The zero-order valence-electron chi connectivity index (χ0n) is 17.2. The molecule has 5 rings (SSSR count). The lowest BCUT2D eigenvalue weighted by atomic mass is 9.96. The van der Waals surface area contributed by atoms with Crippen molar-refractivity contribution < 1.29 is 4.79 Å². The van der Waals surface area contributed by atoms with E-state index in [0.717, 1.165) is 47.2 Å². The number of carbonyl (C=O) groups is 1. The van der Waals surface area contributed by atoms with Gasteiger partial charge in [0, 0.05) is 47.5 Å². The molecule has 6 heteroatoms. The standard InChI is InChI=1S/C24H25N5O/c1-24(2)11-17(16-29(24)23(30)18-6-4-3-5-7-18)15-28-9-8-19-10-21(25-14-22(19)28)20-12-26-27-13-20/h3-10,12-14,17H,11,15-16H2,1-2H3,(H,26,27). The molecule has 1 aliphatic rings. The van der Waals surface area contributed by atoms with Crippen molar-refractivity contribution in [3.8, 4) is 11.3 Å². The van der Waals surface area contributed by atoms with Crippen molar-refractivity contribution in [1.29, 1.82) is 0 Å². The van der Waals surface area contributed by atoms with Crippen LogP contribution < -0.4 is 0 Å². The predicted molar refractivity (Wildman–Crippen MR) is 117 cm³/mol.